The van der Waals surface area contributed by atoms with Crippen molar-refractivity contribution in [3.05, 3.63) is 18.0 Å². The molecule has 14 heavy (non-hydrogen) atoms. The Kier molecular flexibility index (Phi) is 4.18. The monoisotopic (exact) mass is 194 g/mol. The van der Waals surface area contributed by atoms with Gasteiger partial charge in [0.05, 0.1) is 6.20 Å². The van der Waals surface area contributed by atoms with Crippen molar-refractivity contribution in [1.82, 2.24) is 9.78 Å². The van der Waals surface area contributed by atoms with Crippen LogP contribution in [0.2, 0.25) is 0 Å². The molecule has 0 radical (unpaired) electrons. The summed E-state index contributed by atoms with van der Waals surface area (Å²) in [6, 6.07) is 0. The molecule has 0 aliphatic rings. The lowest BCUT2D eigenvalue weighted by Crippen LogP contribution is -2.01. The molecule has 1 aromatic rings. The molecule has 0 saturated heterocycles. The first kappa shape index (κ1) is 11.3. The Balaban J connectivity index is 2.42. The third kappa shape index (κ3) is 3.95. The molecule has 80 valence electrons. The van der Waals surface area contributed by atoms with Crippen LogP contribution in [0.3, 0.4) is 0 Å². The van der Waals surface area contributed by atoms with Gasteiger partial charge in [0.1, 0.15) is 0 Å². The van der Waals surface area contributed by atoms with Gasteiger partial charge in [-0.05, 0) is 30.2 Å². The predicted octanol–water partition coefficient (Wildman–Crippen LogP) is 3.13. The smallest absolute Gasteiger partial charge is 0.0521 e. The van der Waals surface area contributed by atoms with E-state index in [1.165, 1.54) is 12.0 Å². The van der Waals surface area contributed by atoms with Crippen LogP contribution < -0.4 is 0 Å². The van der Waals surface area contributed by atoms with Crippen LogP contribution in [0.5, 0.6) is 0 Å². The fourth-order valence-corrected chi connectivity index (χ4v) is 1.50. The van der Waals surface area contributed by atoms with E-state index in [2.05, 4.69) is 43.7 Å². The zero-order valence-corrected chi connectivity index (χ0v) is 9.83. The second-order valence-corrected chi connectivity index (χ2v) is 4.89. The van der Waals surface area contributed by atoms with Crippen LogP contribution in [0.4, 0.5) is 0 Å². The van der Waals surface area contributed by atoms with Crippen molar-refractivity contribution < 1.29 is 0 Å². The number of hydrogen-bond donors (Lipinski definition) is 0. The summed E-state index contributed by atoms with van der Waals surface area (Å²) in [7, 11) is 0. The lowest BCUT2D eigenvalue weighted by Gasteiger charge is -2.04. The van der Waals surface area contributed by atoms with E-state index < -0.39 is 0 Å². The summed E-state index contributed by atoms with van der Waals surface area (Å²) in [5, 5.41) is 4.36. The molecule has 0 bridgehead atoms. The number of nitrogens with zero attached hydrogens (tertiary/aromatic N) is 2. The maximum absolute atomic E-state index is 4.36. The van der Waals surface area contributed by atoms with E-state index in [0.29, 0.717) is 0 Å². The SMILES string of the molecule is CC(C)CCn1cc(CC(C)C)cn1. The zero-order valence-electron chi connectivity index (χ0n) is 9.83. The van der Waals surface area contributed by atoms with Crippen LogP contribution in [0.1, 0.15) is 39.7 Å². The van der Waals surface area contributed by atoms with Crippen LogP contribution in [0, 0.1) is 11.8 Å². The fourth-order valence-electron chi connectivity index (χ4n) is 1.50. The molecule has 0 unspecified atom stereocenters. The molecule has 1 aromatic heterocycles. The third-order valence-corrected chi connectivity index (χ3v) is 2.27. The van der Waals surface area contributed by atoms with E-state index in [1.54, 1.807) is 0 Å². The van der Waals surface area contributed by atoms with E-state index >= 15 is 0 Å². The first-order chi connectivity index (χ1) is 6.58. The highest BCUT2D eigenvalue weighted by Gasteiger charge is 2.02. The van der Waals surface area contributed by atoms with Crippen LogP contribution in [0.15, 0.2) is 12.4 Å². The van der Waals surface area contributed by atoms with Crippen molar-refractivity contribution in [1.29, 1.82) is 0 Å². The van der Waals surface area contributed by atoms with E-state index in [-0.39, 0.29) is 0 Å². The predicted molar refractivity (Wildman–Crippen MR) is 60.2 cm³/mol. The van der Waals surface area contributed by atoms with Gasteiger partial charge in [-0.25, -0.2) is 0 Å². The first-order valence-electron chi connectivity index (χ1n) is 5.59. The van der Waals surface area contributed by atoms with Crippen molar-refractivity contribution >= 4 is 0 Å². The van der Waals surface area contributed by atoms with Crippen molar-refractivity contribution in [2.75, 3.05) is 0 Å². The topological polar surface area (TPSA) is 17.8 Å². The summed E-state index contributed by atoms with van der Waals surface area (Å²) in [4.78, 5) is 0. The summed E-state index contributed by atoms with van der Waals surface area (Å²) >= 11 is 0. The minimum absolute atomic E-state index is 0.720. The normalized spacial score (nSPS) is 11.6. The average Bonchev–Trinajstić information content (AvgIpc) is 2.47. The molecule has 0 fully saturated rings. The molecule has 2 nitrogen and oxygen atoms in total. The zero-order chi connectivity index (χ0) is 10.6. The van der Waals surface area contributed by atoms with Crippen LogP contribution in [0.25, 0.3) is 0 Å². The molecular formula is C12H22N2. The number of hydrogen-bond acceptors (Lipinski definition) is 1. The molecule has 0 aromatic carbocycles. The summed E-state index contributed by atoms with van der Waals surface area (Å²) in [6.07, 6.45) is 6.53. The van der Waals surface area contributed by atoms with Crippen LogP contribution in [-0.4, -0.2) is 9.78 Å². The largest absolute Gasteiger partial charge is 0.272 e. The summed E-state index contributed by atoms with van der Waals surface area (Å²) in [5.74, 6) is 1.48. The Labute approximate surface area is 87.3 Å². The highest BCUT2D eigenvalue weighted by molar-refractivity contribution is 5.04. The van der Waals surface area contributed by atoms with Crippen molar-refractivity contribution in [2.24, 2.45) is 11.8 Å². The van der Waals surface area contributed by atoms with Gasteiger partial charge in [-0.1, -0.05) is 27.7 Å². The second kappa shape index (κ2) is 5.18. The molecule has 0 amide bonds. The Bertz CT molecular complexity index is 261. The van der Waals surface area contributed by atoms with E-state index in [0.717, 1.165) is 24.8 Å². The van der Waals surface area contributed by atoms with Gasteiger partial charge in [-0.15, -0.1) is 0 Å². The molecule has 0 aliphatic carbocycles. The summed E-state index contributed by atoms with van der Waals surface area (Å²) in [5.41, 5.74) is 1.36. The maximum Gasteiger partial charge on any atom is 0.0521 e. The molecular weight excluding hydrogens is 172 g/mol. The van der Waals surface area contributed by atoms with Gasteiger partial charge in [0.2, 0.25) is 0 Å². The lowest BCUT2D eigenvalue weighted by atomic mass is 10.1. The molecule has 1 heterocycles. The highest BCUT2D eigenvalue weighted by atomic mass is 15.3. The van der Waals surface area contributed by atoms with E-state index in [9.17, 15) is 0 Å². The molecule has 0 N–H and O–H groups in total. The third-order valence-electron chi connectivity index (χ3n) is 2.27. The van der Waals surface area contributed by atoms with Crippen molar-refractivity contribution in [3.63, 3.8) is 0 Å². The Hall–Kier alpha value is -0.790. The molecule has 0 atom stereocenters. The van der Waals surface area contributed by atoms with E-state index in [1.807, 2.05) is 6.20 Å². The average molecular weight is 194 g/mol. The first-order valence-corrected chi connectivity index (χ1v) is 5.59. The molecule has 0 saturated carbocycles. The van der Waals surface area contributed by atoms with E-state index in [4.69, 9.17) is 0 Å². The van der Waals surface area contributed by atoms with Gasteiger partial charge in [0.15, 0.2) is 0 Å². The highest BCUT2D eigenvalue weighted by Crippen LogP contribution is 2.08. The number of aryl methyl sites for hydroxylation is 1. The van der Waals surface area contributed by atoms with Crippen molar-refractivity contribution in [3.8, 4) is 0 Å². The summed E-state index contributed by atoms with van der Waals surface area (Å²) < 4.78 is 2.07. The van der Waals surface area contributed by atoms with Crippen LogP contribution >= 0.6 is 0 Å². The quantitative estimate of drug-likeness (QED) is 0.704. The van der Waals surface area contributed by atoms with Gasteiger partial charge in [-0.2, -0.15) is 5.10 Å². The Morgan fingerprint density at radius 2 is 1.93 bits per heavy atom. The molecule has 0 aliphatic heterocycles. The minimum atomic E-state index is 0.720. The number of rotatable bonds is 5. The summed E-state index contributed by atoms with van der Waals surface area (Å²) in [6.45, 7) is 10.0. The van der Waals surface area contributed by atoms with Gasteiger partial charge >= 0.3 is 0 Å². The number of aromatic nitrogens is 2. The molecule has 2 heteroatoms. The lowest BCUT2D eigenvalue weighted by molar-refractivity contribution is 0.486. The fraction of sp³-hybridized carbons (Fsp3) is 0.750. The van der Waals surface area contributed by atoms with Crippen molar-refractivity contribution in [2.45, 2.75) is 47.1 Å². The van der Waals surface area contributed by atoms with Crippen LogP contribution in [-0.2, 0) is 13.0 Å². The second-order valence-electron chi connectivity index (χ2n) is 4.89. The molecule has 1 rings (SSSR count). The minimum Gasteiger partial charge on any atom is -0.272 e. The van der Waals surface area contributed by atoms with Gasteiger partial charge in [-0.3, -0.25) is 4.68 Å². The van der Waals surface area contributed by atoms with Gasteiger partial charge in [0.25, 0.3) is 0 Å². The van der Waals surface area contributed by atoms with Gasteiger partial charge in [0, 0.05) is 12.7 Å². The Morgan fingerprint density at radius 3 is 2.50 bits per heavy atom. The molecule has 0 spiro atoms. The van der Waals surface area contributed by atoms with Gasteiger partial charge < -0.3 is 0 Å². The maximum atomic E-state index is 4.36. The Morgan fingerprint density at radius 1 is 1.21 bits per heavy atom. The standard InChI is InChI=1S/C12H22N2/c1-10(2)5-6-14-9-12(8-13-14)7-11(3)4/h8-11H,5-7H2,1-4H3.